The van der Waals surface area contributed by atoms with E-state index in [4.69, 9.17) is 27.9 Å². The molecular weight excluding hydrogens is 375 g/mol. The molecule has 0 aromatic heterocycles. The van der Waals surface area contributed by atoms with E-state index in [1.54, 1.807) is 12.1 Å². The van der Waals surface area contributed by atoms with Gasteiger partial charge in [0.1, 0.15) is 16.5 Å². The Kier molecular flexibility index (Phi) is 5.20. The monoisotopic (exact) mass is 390 g/mol. The lowest BCUT2D eigenvalue weighted by molar-refractivity contribution is -0.120. The summed E-state index contributed by atoms with van der Waals surface area (Å²) in [4.78, 5) is 26.5. The van der Waals surface area contributed by atoms with Gasteiger partial charge in [-0.05, 0) is 36.2 Å². The second-order valence-corrected chi connectivity index (χ2v) is 6.40. The number of halogens is 2. The Bertz CT molecular complexity index is 925. The summed E-state index contributed by atoms with van der Waals surface area (Å²) >= 11 is 12.2. The van der Waals surface area contributed by atoms with Gasteiger partial charge in [0.15, 0.2) is 0 Å². The first-order chi connectivity index (χ1) is 12.5. The number of anilines is 2. The molecule has 0 spiro atoms. The van der Waals surface area contributed by atoms with Crippen LogP contribution in [0, 0.1) is 0 Å². The van der Waals surface area contributed by atoms with Gasteiger partial charge in [-0.2, -0.15) is 0 Å². The Labute approximate surface area is 161 Å². The number of nitrogens with zero attached hydrogens (tertiary/aromatic N) is 1. The Morgan fingerprint density at radius 2 is 1.81 bits per heavy atom. The normalized spacial score (nSPS) is 14.2. The van der Waals surface area contributed by atoms with Crippen molar-refractivity contribution in [1.29, 1.82) is 0 Å². The van der Waals surface area contributed by atoms with E-state index in [1.165, 1.54) is 13.2 Å². The Morgan fingerprint density at radius 1 is 1.08 bits per heavy atom. The van der Waals surface area contributed by atoms with Crippen molar-refractivity contribution in [2.45, 2.75) is 13.3 Å². The minimum atomic E-state index is -0.631. The van der Waals surface area contributed by atoms with Crippen LogP contribution in [0.4, 0.5) is 11.4 Å². The molecule has 134 valence electrons. The minimum absolute atomic E-state index is 0.0274. The third-order valence-electron chi connectivity index (χ3n) is 4.07. The first-order valence-corrected chi connectivity index (χ1v) is 8.70. The van der Waals surface area contributed by atoms with Crippen molar-refractivity contribution >= 4 is 46.4 Å². The molecule has 0 bridgehead atoms. The highest BCUT2D eigenvalue weighted by molar-refractivity contribution is 6.53. The van der Waals surface area contributed by atoms with Crippen molar-refractivity contribution < 1.29 is 14.3 Å². The second-order valence-electron chi connectivity index (χ2n) is 5.59. The number of hydrogen-bond donors (Lipinski definition) is 1. The molecular formula is C19H16Cl2N2O3. The lowest BCUT2D eigenvalue weighted by Gasteiger charge is -2.18. The maximum atomic E-state index is 12.9. The molecule has 5 nitrogen and oxygen atoms in total. The molecule has 0 aliphatic carbocycles. The first-order valence-electron chi connectivity index (χ1n) is 7.95. The second kappa shape index (κ2) is 7.40. The summed E-state index contributed by atoms with van der Waals surface area (Å²) in [5.41, 5.74) is 2.00. The van der Waals surface area contributed by atoms with Crippen molar-refractivity contribution in [3.63, 3.8) is 0 Å². The maximum absolute atomic E-state index is 12.9. The van der Waals surface area contributed by atoms with E-state index in [-0.39, 0.29) is 16.4 Å². The summed E-state index contributed by atoms with van der Waals surface area (Å²) in [6, 6.07) is 12.2. The van der Waals surface area contributed by atoms with Crippen molar-refractivity contribution in [3.05, 3.63) is 63.8 Å². The number of nitrogens with one attached hydrogen (secondary N) is 1. The number of methoxy groups -OCH3 is 1. The highest BCUT2D eigenvalue weighted by Gasteiger charge is 2.40. The Morgan fingerprint density at radius 3 is 2.50 bits per heavy atom. The molecule has 0 saturated heterocycles. The minimum Gasteiger partial charge on any atom is -0.495 e. The van der Waals surface area contributed by atoms with Crippen molar-refractivity contribution in [2.24, 2.45) is 0 Å². The van der Waals surface area contributed by atoms with E-state index in [0.717, 1.165) is 22.6 Å². The van der Waals surface area contributed by atoms with E-state index in [9.17, 15) is 9.59 Å². The van der Waals surface area contributed by atoms with Gasteiger partial charge in [-0.3, -0.25) is 9.59 Å². The van der Waals surface area contributed by atoms with Crippen molar-refractivity contribution in [3.8, 4) is 5.75 Å². The highest BCUT2D eigenvalue weighted by atomic mass is 35.5. The van der Waals surface area contributed by atoms with Crippen LogP contribution in [-0.4, -0.2) is 18.9 Å². The summed E-state index contributed by atoms with van der Waals surface area (Å²) in [5, 5.41) is 3.20. The molecule has 0 atom stereocenters. The van der Waals surface area contributed by atoms with E-state index >= 15 is 0 Å². The number of rotatable bonds is 5. The molecule has 0 saturated carbocycles. The number of ether oxygens (including phenoxy) is 1. The third kappa shape index (κ3) is 3.16. The lowest BCUT2D eigenvalue weighted by atomic mass is 10.1. The molecule has 7 heteroatoms. The zero-order valence-corrected chi connectivity index (χ0v) is 15.7. The topological polar surface area (TPSA) is 58.6 Å². The fourth-order valence-corrected chi connectivity index (χ4v) is 3.13. The predicted molar refractivity (Wildman–Crippen MR) is 103 cm³/mol. The Balaban J connectivity index is 1.99. The largest absolute Gasteiger partial charge is 0.495 e. The zero-order valence-electron chi connectivity index (χ0n) is 14.2. The van der Waals surface area contributed by atoms with Gasteiger partial charge >= 0.3 is 0 Å². The maximum Gasteiger partial charge on any atom is 0.283 e. The van der Waals surface area contributed by atoms with Gasteiger partial charge in [-0.25, -0.2) is 4.90 Å². The molecule has 2 aromatic carbocycles. The van der Waals surface area contributed by atoms with Crippen LogP contribution in [0.15, 0.2) is 53.2 Å². The number of hydrogen-bond acceptors (Lipinski definition) is 4. The molecule has 0 unspecified atom stereocenters. The van der Waals surface area contributed by atoms with Gasteiger partial charge in [0.25, 0.3) is 11.8 Å². The summed E-state index contributed by atoms with van der Waals surface area (Å²) in [7, 11) is 1.45. The average Bonchev–Trinajstić information content (AvgIpc) is 2.85. The molecule has 2 aromatic rings. The van der Waals surface area contributed by atoms with E-state index in [1.807, 2.05) is 31.2 Å². The number of aryl methyl sites for hydroxylation is 1. The summed E-state index contributed by atoms with van der Waals surface area (Å²) in [5.74, 6) is -0.851. The first kappa shape index (κ1) is 18.3. The van der Waals surface area contributed by atoms with Gasteiger partial charge in [-0.15, -0.1) is 0 Å². The van der Waals surface area contributed by atoms with Gasteiger partial charge in [0, 0.05) is 10.7 Å². The van der Waals surface area contributed by atoms with Gasteiger partial charge in [-0.1, -0.05) is 48.3 Å². The molecule has 1 heterocycles. The van der Waals surface area contributed by atoms with Gasteiger partial charge < -0.3 is 10.1 Å². The number of carbonyl (C=O) groups excluding carboxylic acids is 2. The smallest absolute Gasteiger partial charge is 0.283 e. The van der Waals surface area contributed by atoms with E-state index in [0.29, 0.717) is 10.8 Å². The fraction of sp³-hybridized carbons (Fsp3) is 0.158. The van der Waals surface area contributed by atoms with Crippen LogP contribution in [0.2, 0.25) is 5.02 Å². The summed E-state index contributed by atoms with van der Waals surface area (Å²) in [6.07, 6.45) is 0.766. The predicted octanol–water partition coefficient (Wildman–Crippen LogP) is 4.35. The summed E-state index contributed by atoms with van der Waals surface area (Å²) in [6.45, 7) is 2.00. The number of para-hydroxylation sites is 1. The summed E-state index contributed by atoms with van der Waals surface area (Å²) < 4.78 is 5.25. The molecule has 1 aliphatic rings. The van der Waals surface area contributed by atoms with Gasteiger partial charge in [0.2, 0.25) is 0 Å². The number of imide groups is 1. The third-order valence-corrected chi connectivity index (χ3v) is 4.65. The van der Waals surface area contributed by atoms with Crippen LogP contribution in [0.25, 0.3) is 0 Å². The van der Waals surface area contributed by atoms with Gasteiger partial charge in [0.05, 0.1) is 12.8 Å². The lowest BCUT2D eigenvalue weighted by Crippen LogP contribution is -2.32. The average molecular weight is 391 g/mol. The van der Waals surface area contributed by atoms with E-state index < -0.39 is 11.8 Å². The van der Waals surface area contributed by atoms with Crippen LogP contribution in [0.5, 0.6) is 5.75 Å². The van der Waals surface area contributed by atoms with Crippen LogP contribution < -0.4 is 15.0 Å². The van der Waals surface area contributed by atoms with Crippen LogP contribution in [0.1, 0.15) is 12.5 Å². The quantitative estimate of drug-likeness (QED) is 0.771. The standard InChI is InChI=1S/C19H16Cl2N2O3/c1-3-11-6-4-5-7-13(11)22-17-16(21)18(24)23(19(17)25)14-10-12(20)8-9-15(14)26-2/h4-10,22H,3H2,1-2H3. The van der Waals surface area contributed by atoms with Crippen LogP contribution in [0.3, 0.4) is 0 Å². The van der Waals surface area contributed by atoms with Crippen LogP contribution >= 0.6 is 23.2 Å². The molecule has 0 radical (unpaired) electrons. The number of benzene rings is 2. The highest BCUT2D eigenvalue weighted by Crippen LogP contribution is 2.37. The van der Waals surface area contributed by atoms with Crippen molar-refractivity contribution in [1.82, 2.24) is 0 Å². The van der Waals surface area contributed by atoms with Crippen molar-refractivity contribution in [2.75, 3.05) is 17.3 Å². The SMILES string of the molecule is CCc1ccccc1NC1=C(Cl)C(=O)N(c2cc(Cl)ccc2OC)C1=O. The molecule has 1 aliphatic heterocycles. The Hall–Kier alpha value is -2.50. The molecule has 0 fully saturated rings. The molecule has 26 heavy (non-hydrogen) atoms. The number of carbonyl (C=O) groups is 2. The fourth-order valence-electron chi connectivity index (χ4n) is 2.75. The molecule has 2 amide bonds. The van der Waals surface area contributed by atoms with Crippen LogP contribution in [-0.2, 0) is 16.0 Å². The molecule has 1 N–H and O–H groups in total. The molecule has 3 rings (SSSR count). The zero-order chi connectivity index (χ0) is 18.8. The number of amides is 2. The van der Waals surface area contributed by atoms with E-state index in [2.05, 4.69) is 5.32 Å².